The largest absolute Gasteiger partial charge is 0.493 e. The van der Waals surface area contributed by atoms with Gasteiger partial charge in [-0.05, 0) is 30.5 Å². The average molecular weight is 363 g/mol. The highest BCUT2D eigenvalue weighted by atomic mass is 16.5. The molecule has 1 aromatic carbocycles. The summed E-state index contributed by atoms with van der Waals surface area (Å²) in [5.41, 5.74) is 0.126. The predicted octanol–water partition coefficient (Wildman–Crippen LogP) is 1.59. The fourth-order valence-corrected chi connectivity index (χ4v) is 3.93. The molecule has 3 rings (SSSR count). The Morgan fingerprint density at radius 3 is 2.73 bits per heavy atom. The van der Waals surface area contributed by atoms with Crippen LogP contribution in [0.1, 0.15) is 18.4 Å². The second-order valence-corrected chi connectivity index (χ2v) is 6.95. The van der Waals surface area contributed by atoms with Gasteiger partial charge in [-0.25, -0.2) is 0 Å². The van der Waals surface area contributed by atoms with Crippen LogP contribution in [0.4, 0.5) is 0 Å². The van der Waals surface area contributed by atoms with Crippen LogP contribution >= 0.6 is 0 Å². The number of methoxy groups -OCH3 is 2. The van der Waals surface area contributed by atoms with Gasteiger partial charge in [-0.2, -0.15) is 0 Å². The number of aryl methyl sites for hydroxylation is 1. The highest BCUT2D eigenvalue weighted by molar-refractivity contribution is 5.81. The van der Waals surface area contributed by atoms with E-state index >= 15 is 0 Å². The summed E-state index contributed by atoms with van der Waals surface area (Å²) < 4.78 is 15.9. The molecular weight excluding hydrogens is 338 g/mol. The minimum atomic E-state index is -0.850. The molecule has 1 aromatic rings. The maximum atomic E-state index is 12.6. The molecule has 7 nitrogen and oxygen atoms in total. The SMILES string of the molecule is COc1ccc(CCC(=O)N2C[C@@H]3COCC[C@]3(C(=O)O)C2)cc1OC. The van der Waals surface area contributed by atoms with E-state index in [9.17, 15) is 14.7 Å². The number of likely N-dealkylation sites (tertiary alicyclic amines) is 1. The van der Waals surface area contributed by atoms with E-state index in [0.29, 0.717) is 50.5 Å². The Balaban J connectivity index is 1.63. The standard InChI is InChI=1S/C19H25NO6/c1-24-15-5-3-13(9-16(15)25-2)4-6-17(21)20-10-14-11-26-8-7-19(14,12-20)18(22)23/h3,5,9,14H,4,6-8,10-12H2,1-2H3,(H,22,23)/t14-,19+/m1/s1. The average Bonchev–Trinajstić information content (AvgIpc) is 3.07. The molecule has 2 aliphatic rings. The Kier molecular flexibility index (Phi) is 5.36. The first-order valence-electron chi connectivity index (χ1n) is 8.80. The third-order valence-corrected chi connectivity index (χ3v) is 5.56. The van der Waals surface area contributed by atoms with Gasteiger partial charge in [-0.3, -0.25) is 9.59 Å². The molecule has 2 atom stereocenters. The molecule has 1 N–H and O–H groups in total. The number of carboxylic acid groups (broad SMARTS) is 1. The number of nitrogens with zero attached hydrogens (tertiary/aromatic N) is 1. The van der Waals surface area contributed by atoms with Crippen LogP contribution < -0.4 is 9.47 Å². The molecule has 2 fully saturated rings. The van der Waals surface area contributed by atoms with Crippen molar-refractivity contribution in [2.75, 3.05) is 40.5 Å². The van der Waals surface area contributed by atoms with Gasteiger partial charge < -0.3 is 24.2 Å². The highest BCUT2D eigenvalue weighted by Crippen LogP contribution is 2.42. The summed E-state index contributed by atoms with van der Waals surface area (Å²) in [7, 11) is 3.15. The highest BCUT2D eigenvalue weighted by Gasteiger charge is 2.54. The molecule has 142 valence electrons. The molecule has 1 amide bonds. The Hall–Kier alpha value is -2.28. The molecule has 26 heavy (non-hydrogen) atoms. The molecule has 2 aliphatic heterocycles. The van der Waals surface area contributed by atoms with Crippen LogP contribution in [0.15, 0.2) is 18.2 Å². The number of rotatable bonds is 6. The monoisotopic (exact) mass is 363 g/mol. The molecular formula is C19H25NO6. The summed E-state index contributed by atoms with van der Waals surface area (Å²) >= 11 is 0. The Morgan fingerprint density at radius 1 is 1.31 bits per heavy atom. The van der Waals surface area contributed by atoms with Gasteiger partial charge in [0.1, 0.15) is 0 Å². The van der Waals surface area contributed by atoms with Gasteiger partial charge in [-0.15, -0.1) is 0 Å². The molecule has 0 saturated carbocycles. The van der Waals surface area contributed by atoms with E-state index < -0.39 is 11.4 Å². The first-order valence-corrected chi connectivity index (χ1v) is 8.80. The molecule has 0 unspecified atom stereocenters. The minimum absolute atomic E-state index is 0.0187. The van der Waals surface area contributed by atoms with Gasteiger partial charge in [0.2, 0.25) is 5.91 Å². The zero-order chi connectivity index (χ0) is 18.7. The van der Waals surface area contributed by atoms with Crippen molar-refractivity contribution in [2.45, 2.75) is 19.3 Å². The lowest BCUT2D eigenvalue weighted by Gasteiger charge is -2.33. The van der Waals surface area contributed by atoms with Crippen molar-refractivity contribution in [3.63, 3.8) is 0 Å². The van der Waals surface area contributed by atoms with Crippen molar-refractivity contribution in [3.05, 3.63) is 23.8 Å². The van der Waals surface area contributed by atoms with Crippen LogP contribution in [-0.4, -0.2) is 62.4 Å². The minimum Gasteiger partial charge on any atom is -0.493 e. The number of carbonyl (C=O) groups is 2. The number of aliphatic carboxylic acids is 1. The summed E-state index contributed by atoms with van der Waals surface area (Å²) in [5.74, 6) is 0.316. The number of fused-ring (bicyclic) bond motifs is 1. The smallest absolute Gasteiger partial charge is 0.311 e. The molecule has 0 aromatic heterocycles. The maximum absolute atomic E-state index is 12.6. The second-order valence-electron chi connectivity index (χ2n) is 6.95. The summed E-state index contributed by atoms with van der Waals surface area (Å²) in [6.45, 7) is 1.58. The lowest BCUT2D eigenvalue weighted by Crippen LogP contribution is -2.45. The third kappa shape index (κ3) is 3.35. The van der Waals surface area contributed by atoms with Crippen LogP contribution in [0.3, 0.4) is 0 Å². The number of amides is 1. The Labute approximate surface area is 152 Å². The van der Waals surface area contributed by atoms with Crippen molar-refractivity contribution in [1.29, 1.82) is 0 Å². The normalized spacial score (nSPS) is 24.8. The van der Waals surface area contributed by atoms with E-state index in [2.05, 4.69) is 0 Å². The number of hydrogen-bond acceptors (Lipinski definition) is 5. The quantitative estimate of drug-likeness (QED) is 0.826. The summed E-state index contributed by atoms with van der Waals surface area (Å²) in [6, 6.07) is 5.59. The third-order valence-electron chi connectivity index (χ3n) is 5.56. The molecule has 2 heterocycles. The fourth-order valence-electron chi connectivity index (χ4n) is 3.93. The number of ether oxygens (including phenoxy) is 3. The van der Waals surface area contributed by atoms with Crippen molar-refractivity contribution in [3.8, 4) is 11.5 Å². The lowest BCUT2D eigenvalue weighted by molar-refractivity contribution is -0.157. The lowest BCUT2D eigenvalue weighted by atomic mass is 9.74. The van der Waals surface area contributed by atoms with E-state index in [1.165, 1.54) is 0 Å². The first kappa shape index (κ1) is 18.5. The number of benzene rings is 1. The van der Waals surface area contributed by atoms with E-state index in [4.69, 9.17) is 14.2 Å². The van der Waals surface area contributed by atoms with Gasteiger partial charge in [0.05, 0.1) is 26.2 Å². The Morgan fingerprint density at radius 2 is 2.08 bits per heavy atom. The molecule has 0 bridgehead atoms. The molecule has 7 heteroatoms. The van der Waals surface area contributed by atoms with E-state index in [1.54, 1.807) is 19.1 Å². The van der Waals surface area contributed by atoms with Crippen LogP contribution in [-0.2, 0) is 20.7 Å². The second kappa shape index (κ2) is 7.53. The first-order chi connectivity index (χ1) is 12.5. The van der Waals surface area contributed by atoms with Crippen LogP contribution in [0.5, 0.6) is 11.5 Å². The zero-order valence-corrected chi connectivity index (χ0v) is 15.2. The fraction of sp³-hybridized carbons (Fsp3) is 0.579. The number of carbonyl (C=O) groups excluding carboxylic acids is 1. The molecule has 2 saturated heterocycles. The van der Waals surface area contributed by atoms with Gasteiger partial charge in [0.15, 0.2) is 11.5 Å². The predicted molar refractivity (Wildman–Crippen MR) is 93.4 cm³/mol. The molecule has 0 spiro atoms. The number of carboxylic acids is 1. The van der Waals surface area contributed by atoms with E-state index in [-0.39, 0.29) is 18.4 Å². The van der Waals surface area contributed by atoms with Gasteiger partial charge in [-0.1, -0.05) is 6.07 Å². The van der Waals surface area contributed by atoms with Crippen molar-refractivity contribution < 1.29 is 28.9 Å². The van der Waals surface area contributed by atoms with Crippen LogP contribution in [0.2, 0.25) is 0 Å². The van der Waals surface area contributed by atoms with Crippen molar-refractivity contribution in [1.82, 2.24) is 4.90 Å². The molecule has 0 radical (unpaired) electrons. The van der Waals surface area contributed by atoms with Gasteiger partial charge >= 0.3 is 5.97 Å². The zero-order valence-electron chi connectivity index (χ0n) is 15.2. The van der Waals surface area contributed by atoms with E-state index in [0.717, 1.165) is 5.56 Å². The molecule has 0 aliphatic carbocycles. The summed E-state index contributed by atoms with van der Waals surface area (Å²) in [6.07, 6.45) is 1.36. The topological polar surface area (TPSA) is 85.3 Å². The van der Waals surface area contributed by atoms with Gasteiger partial charge in [0.25, 0.3) is 0 Å². The summed E-state index contributed by atoms with van der Waals surface area (Å²) in [4.78, 5) is 26.1. The summed E-state index contributed by atoms with van der Waals surface area (Å²) in [5, 5.41) is 9.69. The Bertz CT molecular complexity index is 691. The van der Waals surface area contributed by atoms with Crippen molar-refractivity contribution >= 4 is 11.9 Å². The van der Waals surface area contributed by atoms with Crippen LogP contribution in [0.25, 0.3) is 0 Å². The van der Waals surface area contributed by atoms with Crippen LogP contribution in [0, 0.1) is 11.3 Å². The van der Waals surface area contributed by atoms with E-state index in [1.807, 2.05) is 18.2 Å². The van der Waals surface area contributed by atoms with Crippen molar-refractivity contribution in [2.24, 2.45) is 11.3 Å². The maximum Gasteiger partial charge on any atom is 0.311 e. The number of hydrogen-bond donors (Lipinski definition) is 1. The van der Waals surface area contributed by atoms with Gasteiger partial charge in [0, 0.05) is 32.0 Å².